The van der Waals surface area contributed by atoms with Crippen LogP contribution in [0, 0.1) is 5.92 Å². The molecule has 1 aromatic rings. The molecule has 0 radical (unpaired) electrons. The lowest BCUT2D eigenvalue weighted by Gasteiger charge is -2.18. The van der Waals surface area contributed by atoms with Gasteiger partial charge in [-0.3, -0.25) is 4.79 Å². The largest absolute Gasteiger partial charge is 0.434 e. The summed E-state index contributed by atoms with van der Waals surface area (Å²) in [6.45, 7) is -2.67. The number of rotatable bonds is 5. The Balaban J connectivity index is 1.93. The molecule has 3 nitrogen and oxygen atoms in total. The number of hydrogen-bond donors (Lipinski definition) is 1. The van der Waals surface area contributed by atoms with Gasteiger partial charge in [0.2, 0.25) is 5.91 Å². The van der Waals surface area contributed by atoms with E-state index < -0.39 is 6.61 Å². The average molecular weight is 281 g/mol. The van der Waals surface area contributed by atoms with Crippen molar-refractivity contribution in [2.24, 2.45) is 5.92 Å². The van der Waals surface area contributed by atoms with E-state index in [1.807, 2.05) is 6.08 Å². The first-order valence-corrected chi connectivity index (χ1v) is 6.62. The number of para-hydroxylation sites is 1. The number of carbonyl (C=O) groups excluding carboxylic acids is 1. The van der Waals surface area contributed by atoms with Gasteiger partial charge in [0.25, 0.3) is 0 Å². The molecule has 2 rings (SSSR count). The van der Waals surface area contributed by atoms with Crippen molar-refractivity contribution in [3.05, 3.63) is 42.0 Å². The Hall–Kier alpha value is -1.91. The van der Waals surface area contributed by atoms with Gasteiger partial charge in [0, 0.05) is 18.0 Å². The number of allylic oxidation sites excluding steroid dienone is 2. The van der Waals surface area contributed by atoms with Crippen LogP contribution >= 0.6 is 0 Å². The van der Waals surface area contributed by atoms with E-state index in [1.165, 1.54) is 6.07 Å². The summed E-state index contributed by atoms with van der Waals surface area (Å²) >= 11 is 0. The van der Waals surface area contributed by atoms with Crippen LogP contribution in [0.2, 0.25) is 0 Å². The first-order valence-electron chi connectivity index (χ1n) is 6.62. The number of hydrogen-bond acceptors (Lipinski definition) is 2. The van der Waals surface area contributed by atoms with Crippen molar-refractivity contribution in [2.75, 3.05) is 0 Å². The van der Waals surface area contributed by atoms with Crippen LogP contribution in [-0.2, 0) is 11.3 Å². The summed E-state index contributed by atoms with van der Waals surface area (Å²) in [7, 11) is 0. The Bertz CT molecular complexity index is 489. The van der Waals surface area contributed by atoms with Crippen LogP contribution in [0.15, 0.2) is 36.4 Å². The molecule has 0 fully saturated rings. The summed E-state index contributed by atoms with van der Waals surface area (Å²) in [5.41, 5.74) is 0.549. The van der Waals surface area contributed by atoms with Gasteiger partial charge in [-0.1, -0.05) is 30.4 Å². The molecule has 1 aliphatic carbocycles. The highest BCUT2D eigenvalue weighted by Crippen LogP contribution is 2.21. The molecule has 1 aliphatic rings. The predicted molar refractivity (Wildman–Crippen MR) is 71.4 cm³/mol. The summed E-state index contributed by atoms with van der Waals surface area (Å²) in [6, 6.07) is 6.48. The smallest absolute Gasteiger partial charge is 0.387 e. The van der Waals surface area contributed by atoms with Gasteiger partial charge in [-0.05, 0) is 25.3 Å². The van der Waals surface area contributed by atoms with Crippen LogP contribution in [-0.4, -0.2) is 12.5 Å². The van der Waals surface area contributed by atoms with E-state index >= 15 is 0 Å². The minimum atomic E-state index is -2.87. The van der Waals surface area contributed by atoms with E-state index in [-0.39, 0.29) is 24.1 Å². The number of carbonyl (C=O) groups is 1. The van der Waals surface area contributed by atoms with Gasteiger partial charge in [-0.15, -0.1) is 0 Å². The van der Waals surface area contributed by atoms with E-state index in [4.69, 9.17) is 0 Å². The molecule has 1 atom stereocenters. The molecule has 1 N–H and O–H groups in total. The molecule has 1 aromatic carbocycles. The molecule has 20 heavy (non-hydrogen) atoms. The lowest BCUT2D eigenvalue weighted by molar-refractivity contribution is -0.125. The number of nitrogens with one attached hydrogen (secondary N) is 1. The van der Waals surface area contributed by atoms with E-state index in [1.54, 1.807) is 18.2 Å². The van der Waals surface area contributed by atoms with E-state index in [2.05, 4.69) is 16.1 Å². The molecule has 0 unspecified atom stereocenters. The summed E-state index contributed by atoms with van der Waals surface area (Å²) in [5, 5.41) is 2.78. The maximum atomic E-state index is 12.3. The fraction of sp³-hybridized carbons (Fsp3) is 0.400. The number of ether oxygens (including phenoxy) is 1. The molecule has 0 aromatic heterocycles. The van der Waals surface area contributed by atoms with Gasteiger partial charge in [-0.25, -0.2) is 0 Å². The molecule has 108 valence electrons. The fourth-order valence-electron chi connectivity index (χ4n) is 2.22. The Morgan fingerprint density at radius 3 is 2.85 bits per heavy atom. The van der Waals surface area contributed by atoms with Gasteiger partial charge < -0.3 is 10.1 Å². The SMILES string of the molecule is O=C(NCc1ccccc1OC(F)F)[C@H]1CC=CCC1. The lowest BCUT2D eigenvalue weighted by Crippen LogP contribution is -2.30. The lowest BCUT2D eigenvalue weighted by atomic mass is 9.93. The van der Waals surface area contributed by atoms with Crippen LogP contribution in [0.4, 0.5) is 8.78 Å². The highest BCUT2D eigenvalue weighted by atomic mass is 19.3. The molecule has 0 heterocycles. The fourth-order valence-corrected chi connectivity index (χ4v) is 2.22. The zero-order chi connectivity index (χ0) is 14.4. The molecule has 0 spiro atoms. The second kappa shape index (κ2) is 7.03. The number of benzene rings is 1. The molecule has 1 amide bonds. The summed E-state index contributed by atoms with van der Waals surface area (Å²) in [6.07, 6.45) is 6.54. The van der Waals surface area contributed by atoms with E-state index in [0.29, 0.717) is 5.56 Å². The zero-order valence-corrected chi connectivity index (χ0v) is 11.0. The summed E-state index contributed by atoms with van der Waals surface area (Å²) in [4.78, 5) is 12.0. The van der Waals surface area contributed by atoms with Crippen LogP contribution in [0.5, 0.6) is 5.75 Å². The highest BCUT2D eigenvalue weighted by molar-refractivity contribution is 5.79. The number of halogens is 2. The van der Waals surface area contributed by atoms with Crippen molar-refractivity contribution < 1.29 is 18.3 Å². The molecule has 0 aliphatic heterocycles. The monoisotopic (exact) mass is 281 g/mol. The Morgan fingerprint density at radius 1 is 1.35 bits per heavy atom. The second-order valence-electron chi connectivity index (χ2n) is 4.69. The molecule has 0 bridgehead atoms. The third kappa shape index (κ3) is 4.05. The Morgan fingerprint density at radius 2 is 2.15 bits per heavy atom. The number of alkyl halides is 2. The van der Waals surface area contributed by atoms with Crippen molar-refractivity contribution in [3.8, 4) is 5.75 Å². The molecular formula is C15H17F2NO2. The topological polar surface area (TPSA) is 38.3 Å². The quantitative estimate of drug-likeness (QED) is 0.841. The second-order valence-corrected chi connectivity index (χ2v) is 4.69. The summed E-state index contributed by atoms with van der Waals surface area (Å²) < 4.78 is 29.0. The van der Waals surface area contributed by atoms with Crippen molar-refractivity contribution >= 4 is 5.91 Å². The van der Waals surface area contributed by atoms with Gasteiger partial charge in [-0.2, -0.15) is 8.78 Å². The molecule has 0 saturated heterocycles. The van der Waals surface area contributed by atoms with Crippen molar-refractivity contribution in [2.45, 2.75) is 32.4 Å². The van der Waals surface area contributed by atoms with Crippen LogP contribution < -0.4 is 10.1 Å². The van der Waals surface area contributed by atoms with Crippen molar-refractivity contribution in [1.29, 1.82) is 0 Å². The standard InChI is InChI=1S/C15H17F2NO2/c16-15(17)20-13-9-5-4-8-12(13)10-18-14(19)11-6-2-1-3-7-11/h1-2,4-5,8-9,11,15H,3,6-7,10H2,(H,18,19)/t11-/m0/s1. The minimum absolute atomic E-state index is 0.0248. The van der Waals surface area contributed by atoms with Crippen molar-refractivity contribution in [3.63, 3.8) is 0 Å². The van der Waals surface area contributed by atoms with Gasteiger partial charge in [0.15, 0.2) is 0 Å². The number of amides is 1. The maximum Gasteiger partial charge on any atom is 0.387 e. The first kappa shape index (κ1) is 14.5. The highest BCUT2D eigenvalue weighted by Gasteiger charge is 2.18. The van der Waals surface area contributed by atoms with Crippen LogP contribution in [0.1, 0.15) is 24.8 Å². The normalized spacial score (nSPS) is 18.1. The van der Waals surface area contributed by atoms with Gasteiger partial charge >= 0.3 is 6.61 Å². The minimum Gasteiger partial charge on any atom is -0.434 e. The van der Waals surface area contributed by atoms with E-state index in [0.717, 1.165) is 19.3 Å². The summed E-state index contributed by atoms with van der Waals surface area (Å²) in [5.74, 6) is 0.0377. The van der Waals surface area contributed by atoms with Gasteiger partial charge in [0.1, 0.15) is 5.75 Å². The van der Waals surface area contributed by atoms with Crippen LogP contribution in [0.25, 0.3) is 0 Å². The predicted octanol–water partition coefficient (Wildman–Crippen LogP) is 3.26. The zero-order valence-electron chi connectivity index (χ0n) is 11.0. The Kier molecular flexibility index (Phi) is 5.09. The van der Waals surface area contributed by atoms with E-state index in [9.17, 15) is 13.6 Å². The van der Waals surface area contributed by atoms with Gasteiger partial charge in [0.05, 0.1) is 0 Å². The maximum absolute atomic E-state index is 12.3. The van der Waals surface area contributed by atoms with Crippen molar-refractivity contribution in [1.82, 2.24) is 5.32 Å². The third-order valence-electron chi connectivity index (χ3n) is 3.28. The molecular weight excluding hydrogens is 264 g/mol. The molecule has 5 heteroatoms. The first-order chi connectivity index (χ1) is 9.66. The van der Waals surface area contributed by atoms with Crippen LogP contribution in [0.3, 0.4) is 0 Å². The Labute approximate surface area is 116 Å². The average Bonchev–Trinajstić information content (AvgIpc) is 2.46. The molecule has 0 saturated carbocycles. The third-order valence-corrected chi connectivity index (χ3v) is 3.28.